The van der Waals surface area contributed by atoms with Gasteiger partial charge in [0, 0.05) is 28.5 Å². The smallest absolute Gasteiger partial charge is 0.335 e. The number of hydrogen-bond acceptors (Lipinski definition) is 6. The van der Waals surface area contributed by atoms with Gasteiger partial charge in [0.2, 0.25) is 0 Å². The van der Waals surface area contributed by atoms with Crippen LogP contribution in [0.15, 0.2) is 41.5 Å². The van der Waals surface area contributed by atoms with Gasteiger partial charge in [-0.15, -0.1) is 0 Å². The van der Waals surface area contributed by atoms with Crippen molar-refractivity contribution in [3.8, 4) is 5.75 Å². The summed E-state index contributed by atoms with van der Waals surface area (Å²) in [5.74, 6) is -1.60. The molecule has 0 amide bonds. The van der Waals surface area contributed by atoms with Gasteiger partial charge in [-0.1, -0.05) is 24.3 Å². The van der Waals surface area contributed by atoms with Crippen LogP contribution in [-0.4, -0.2) is 42.5 Å². The molecule has 1 heterocycles. The molecule has 0 fully saturated rings. The summed E-state index contributed by atoms with van der Waals surface area (Å²) in [4.78, 5) is 37.5. The summed E-state index contributed by atoms with van der Waals surface area (Å²) < 4.78 is 10.0. The molecule has 0 spiro atoms. The monoisotopic (exact) mass is 338 g/mol. The van der Waals surface area contributed by atoms with E-state index in [-0.39, 0.29) is 46.8 Å². The highest BCUT2D eigenvalue weighted by Crippen LogP contribution is 2.40. The molecule has 6 heteroatoms. The van der Waals surface area contributed by atoms with Crippen LogP contribution in [0.4, 0.5) is 0 Å². The van der Waals surface area contributed by atoms with Crippen LogP contribution in [0.5, 0.6) is 5.75 Å². The molecular weight excluding hydrogens is 324 g/mol. The number of methoxy groups -OCH3 is 1. The largest absolute Gasteiger partial charge is 0.507 e. The molecular formula is C19H14O6. The maximum atomic E-state index is 12.9. The number of ketones is 2. The summed E-state index contributed by atoms with van der Waals surface area (Å²) in [5.41, 5.74) is 0.616. The molecule has 1 aliphatic carbocycles. The molecule has 1 aliphatic heterocycles. The SMILES string of the molecule is COC(=O)C1CC2=C(CO1)C(=O)c1cc3ccccc3c(O)c1C2=O. The first-order chi connectivity index (χ1) is 12.0. The van der Waals surface area contributed by atoms with E-state index in [2.05, 4.69) is 4.74 Å². The van der Waals surface area contributed by atoms with Gasteiger partial charge < -0.3 is 14.6 Å². The normalized spacial score (nSPS) is 19.6. The van der Waals surface area contributed by atoms with Crippen molar-refractivity contribution in [3.05, 3.63) is 52.6 Å². The Balaban J connectivity index is 1.88. The predicted octanol–water partition coefficient (Wildman–Crippen LogP) is 2.18. The van der Waals surface area contributed by atoms with E-state index in [4.69, 9.17) is 4.74 Å². The second-order valence-corrected chi connectivity index (χ2v) is 6.01. The Kier molecular flexibility index (Phi) is 3.43. The summed E-state index contributed by atoms with van der Waals surface area (Å²) in [5, 5.41) is 11.8. The molecule has 25 heavy (non-hydrogen) atoms. The Hall–Kier alpha value is -2.99. The molecule has 0 bridgehead atoms. The van der Waals surface area contributed by atoms with E-state index < -0.39 is 17.9 Å². The number of esters is 1. The minimum Gasteiger partial charge on any atom is -0.507 e. The van der Waals surface area contributed by atoms with Crippen molar-refractivity contribution in [2.45, 2.75) is 12.5 Å². The Bertz CT molecular complexity index is 985. The Labute approximate surface area is 142 Å². The number of carbonyl (C=O) groups is 3. The fourth-order valence-corrected chi connectivity index (χ4v) is 3.40. The first-order valence-electron chi connectivity index (χ1n) is 7.78. The van der Waals surface area contributed by atoms with Gasteiger partial charge in [-0.05, 0) is 11.5 Å². The van der Waals surface area contributed by atoms with Crippen molar-refractivity contribution in [1.82, 2.24) is 0 Å². The van der Waals surface area contributed by atoms with Gasteiger partial charge in [0.15, 0.2) is 17.7 Å². The molecule has 2 aliphatic rings. The molecule has 0 aromatic heterocycles. The molecule has 1 N–H and O–H groups in total. The van der Waals surface area contributed by atoms with E-state index in [9.17, 15) is 19.5 Å². The number of Topliss-reactive ketones (excluding diaryl/α,β-unsaturated/α-hetero) is 2. The number of fused-ring (bicyclic) bond motifs is 2. The van der Waals surface area contributed by atoms with Crippen LogP contribution in [0.3, 0.4) is 0 Å². The number of hydrogen-bond donors (Lipinski definition) is 1. The fourth-order valence-electron chi connectivity index (χ4n) is 3.40. The maximum absolute atomic E-state index is 12.9. The van der Waals surface area contributed by atoms with Crippen molar-refractivity contribution in [2.24, 2.45) is 0 Å². The number of aromatic hydroxyl groups is 1. The van der Waals surface area contributed by atoms with Crippen LogP contribution in [0, 0.1) is 0 Å². The minimum absolute atomic E-state index is 0.00651. The quantitative estimate of drug-likeness (QED) is 0.802. The predicted molar refractivity (Wildman–Crippen MR) is 87.7 cm³/mol. The van der Waals surface area contributed by atoms with Crippen LogP contribution in [0.25, 0.3) is 10.8 Å². The number of carbonyl (C=O) groups excluding carboxylic acids is 3. The standard InChI is InChI=1S/C19H14O6/c1-24-19(23)14-7-11-13(8-25-14)16(20)12-6-9-4-2-3-5-10(9)17(21)15(12)18(11)22/h2-6,14,21H,7-8H2,1H3. The molecule has 4 rings (SSSR count). The Morgan fingerprint density at radius 2 is 1.96 bits per heavy atom. The highest BCUT2D eigenvalue weighted by atomic mass is 16.6. The van der Waals surface area contributed by atoms with Crippen LogP contribution < -0.4 is 0 Å². The van der Waals surface area contributed by atoms with Crippen molar-refractivity contribution in [1.29, 1.82) is 0 Å². The molecule has 0 saturated carbocycles. The Morgan fingerprint density at radius 1 is 1.20 bits per heavy atom. The van der Waals surface area contributed by atoms with Crippen molar-refractivity contribution in [3.63, 3.8) is 0 Å². The summed E-state index contributed by atoms with van der Waals surface area (Å²) in [6.45, 7) is -0.132. The van der Waals surface area contributed by atoms with Gasteiger partial charge in [0.05, 0.1) is 19.3 Å². The summed E-state index contributed by atoms with van der Waals surface area (Å²) in [7, 11) is 1.23. The van der Waals surface area contributed by atoms with Gasteiger partial charge in [0.25, 0.3) is 0 Å². The molecule has 1 atom stereocenters. The number of phenolic OH excluding ortho intramolecular Hbond substituents is 1. The first kappa shape index (κ1) is 15.5. The number of rotatable bonds is 1. The Morgan fingerprint density at radius 3 is 2.72 bits per heavy atom. The minimum atomic E-state index is -0.926. The zero-order valence-corrected chi connectivity index (χ0v) is 13.4. The van der Waals surface area contributed by atoms with E-state index in [0.717, 1.165) is 0 Å². The van der Waals surface area contributed by atoms with E-state index in [1.54, 1.807) is 30.3 Å². The maximum Gasteiger partial charge on any atom is 0.335 e. The van der Waals surface area contributed by atoms with E-state index >= 15 is 0 Å². The van der Waals surface area contributed by atoms with Gasteiger partial charge >= 0.3 is 5.97 Å². The van der Waals surface area contributed by atoms with Crippen LogP contribution >= 0.6 is 0 Å². The molecule has 2 aromatic carbocycles. The summed E-state index contributed by atoms with van der Waals surface area (Å²) in [6, 6.07) is 8.60. The van der Waals surface area contributed by atoms with E-state index in [1.807, 2.05) is 0 Å². The second kappa shape index (κ2) is 5.53. The third-order valence-electron chi connectivity index (χ3n) is 4.69. The van der Waals surface area contributed by atoms with Gasteiger partial charge in [0.1, 0.15) is 5.75 Å². The lowest BCUT2D eigenvalue weighted by Crippen LogP contribution is -2.37. The molecule has 126 valence electrons. The van der Waals surface area contributed by atoms with Gasteiger partial charge in [-0.25, -0.2) is 4.79 Å². The molecule has 0 saturated heterocycles. The van der Waals surface area contributed by atoms with Crippen molar-refractivity contribution >= 4 is 28.3 Å². The van der Waals surface area contributed by atoms with Crippen molar-refractivity contribution in [2.75, 3.05) is 13.7 Å². The fraction of sp³-hybridized carbons (Fsp3) is 0.211. The highest BCUT2D eigenvalue weighted by Gasteiger charge is 2.40. The zero-order valence-electron chi connectivity index (χ0n) is 13.4. The lowest BCUT2D eigenvalue weighted by atomic mass is 9.79. The van der Waals surface area contributed by atoms with Crippen LogP contribution in [0.1, 0.15) is 27.1 Å². The summed E-state index contributed by atoms with van der Waals surface area (Å²) >= 11 is 0. The lowest BCUT2D eigenvalue weighted by molar-refractivity contribution is -0.153. The topological polar surface area (TPSA) is 89.9 Å². The molecule has 2 aromatic rings. The van der Waals surface area contributed by atoms with Gasteiger partial charge in [-0.3, -0.25) is 9.59 Å². The van der Waals surface area contributed by atoms with E-state index in [0.29, 0.717) is 10.8 Å². The van der Waals surface area contributed by atoms with Gasteiger partial charge in [-0.2, -0.15) is 0 Å². The molecule has 1 unspecified atom stereocenters. The first-order valence-corrected chi connectivity index (χ1v) is 7.78. The average Bonchev–Trinajstić information content (AvgIpc) is 2.65. The third-order valence-corrected chi connectivity index (χ3v) is 4.69. The van der Waals surface area contributed by atoms with Crippen molar-refractivity contribution < 1.29 is 29.0 Å². The average molecular weight is 338 g/mol. The molecule has 6 nitrogen and oxygen atoms in total. The third kappa shape index (κ3) is 2.18. The molecule has 0 radical (unpaired) electrons. The lowest BCUT2D eigenvalue weighted by Gasteiger charge is -2.29. The van der Waals surface area contributed by atoms with Crippen LogP contribution in [0.2, 0.25) is 0 Å². The summed E-state index contributed by atoms with van der Waals surface area (Å²) in [6.07, 6.45) is -0.970. The van der Waals surface area contributed by atoms with E-state index in [1.165, 1.54) is 7.11 Å². The second-order valence-electron chi connectivity index (χ2n) is 6.01. The van der Waals surface area contributed by atoms with Crippen LogP contribution in [-0.2, 0) is 14.3 Å². The highest BCUT2D eigenvalue weighted by molar-refractivity contribution is 6.30. The number of phenols is 1. The number of ether oxygens (including phenoxy) is 2. The number of benzene rings is 2. The zero-order chi connectivity index (χ0) is 17.7.